The first-order valence-corrected chi connectivity index (χ1v) is 2.65. The number of aliphatic imine (C=N–C) groups is 1. The Bertz CT molecular complexity index is 158. The maximum atomic E-state index is 10.4. The van der Waals surface area contributed by atoms with Crippen LogP contribution < -0.4 is 0 Å². The Morgan fingerprint density at radius 1 is 1.89 bits per heavy atom. The number of nitrogens with zero attached hydrogens (tertiary/aromatic N) is 1. The number of carbonyl (C=O) groups excluding carboxylic acids is 1. The van der Waals surface area contributed by atoms with Gasteiger partial charge in [0, 0.05) is 6.21 Å². The van der Waals surface area contributed by atoms with Gasteiger partial charge in [0.2, 0.25) is 0 Å². The molecule has 3 nitrogen and oxygen atoms in total. The Hall–Kier alpha value is -0.960. The van der Waals surface area contributed by atoms with E-state index in [1.807, 2.05) is 0 Å². The van der Waals surface area contributed by atoms with E-state index in [0.717, 1.165) is 0 Å². The van der Waals surface area contributed by atoms with Crippen molar-refractivity contribution in [3.8, 4) is 0 Å². The van der Waals surface area contributed by atoms with E-state index >= 15 is 0 Å². The van der Waals surface area contributed by atoms with E-state index in [0.29, 0.717) is 6.61 Å². The molecule has 0 aromatic heterocycles. The predicted octanol–water partition coefficient (Wildman–Crippen LogP) is 0.169. The van der Waals surface area contributed by atoms with Gasteiger partial charge in [0.1, 0.15) is 6.10 Å². The Morgan fingerprint density at radius 3 is 3.00 bits per heavy atom. The number of ether oxygens (including phenoxy) is 1. The van der Waals surface area contributed by atoms with Crippen LogP contribution in [0.1, 0.15) is 0 Å². The van der Waals surface area contributed by atoms with Crippen LogP contribution in [-0.2, 0) is 9.53 Å². The second-order valence-corrected chi connectivity index (χ2v) is 1.69. The standard InChI is InChI=1S/C6H7NO2/c1-2-6(8)7-3-5-4-9-5/h2-3,5H,1,4H2. The Morgan fingerprint density at radius 2 is 2.56 bits per heavy atom. The van der Waals surface area contributed by atoms with Gasteiger partial charge in [-0.15, -0.1) is 0 Å². The summed E-state index contributed by atoms with van der Waals surface area (Å²) >= 11 is 0. The van der Waals surface area contributed by atoms with Crippen molar-refractivity contribution in [3.05, 3.63) is 12.7 Å². The van der Waals surface area contributed by atoms with Crippen molar-refractivity contribution >= 4 is 12.1 Å². The molecule has 1 unspecified atom stereocenters. The minimum Gasteiger partial charge on any atom is -0.367 e. The van der Waals surface area contributed by atoms with Crippen molar-refractivity contribution in [1.82, 2.24) is 0 Å². The monoisotopic (exact) mass is 125 g/mol. The molecule has 0 aromatic carbocycles. The fourth-order valence-corrected chi connectivity index (χ4v) is 0.351. The van der Waals surface area contributed by atoms with Gasteiger partial charge in [0.25, 0.3) is 5.91 Å². The average Bonchev–Trinajstić information content (AvgIpc) is 2.65. The van der Waals surface area contributed by atoms with Crippen molar-refractivity contribution < 1.29 is 9.53 Å². The van der Waals surface area contributed by atoms with E-state index in [4.69, 9.17) is 4.74 Å². The zero-order valence-corrected chi connectivity index (χ0v) is 4.91. The summed E-state index contributed by atoms with van der Waals surface area (Å²) in [5.74, 6) is -0.314. The van der Waals surface area contributed by atoms with E-state index in [-0.39, 0.29) is 12.0 Å². The van der Waals surface area contributed by atoms with Gasteiger partial charge < -0.3 is 4.74 Å². The maximum Gasteiger partial charge on any atom is 0.268 e. The maximum absolute atomic E-state index is 10.4. The highest BCUT2D eigenvalue weighted by Gasteiger charge is 2.19. The summed E-state index contributed by atoms with van der Waals surface area (Å²) < 4.78 is 4.77. The zero-order chi connectivity index (χ0) is 6.69. The van der Waals surface area contributed by atoms with Gasteiger partial charge in [0.05, 0.1) is 6.61 Å². The van der Waals surface area contributed by atoms with Crippen molar-refractivity contribution in [3.63, 3.8) is 0 Å². The molecule has 1 aliphatic heterocycles. The quantitative estimate of drug-likeness (QED) is 0.300. The van der Waals surface area contributed by atoms with Crippen LogP contribution in [0.2, 0.25) is 0 Å². The van der Waals surface area contributed by atoms with Crippen LogP contribution in [0.3, 0.4) is 0 Å². The lowest BCUT2D eigenvalue weighted by atomic mass is 10.5. The highest BCUT2D eigenvalue weighted by molar-refractivity contribution is 5.94. The summed E-state index contributed by atoms with van der Waals surface area (Å²) in [7, 11) is 0. The summed E-state index contributed by atoms with van der Waals surface area (Å²) in [6.07, 6.45) is 2.73. The lowest BCUT2D eigenvalue weighted by Gasteiger charge is -1.76. The molecule has 3 heteroatoms. The van der Waals surface area contributed by atoms with Gasteiger partial charge in [-0.2, -0.15) is 0 Å². The Balaban J connectivity index is 2.28. The molecule has 1 atom stereocenters. The van der Waals surface area contributed by atoms with Crippen molar-refractivity contribution in [2.75, 3.05) is 6.61 Å². The average molecular weight is 125 g/mol. The van der Waals surface area contributed by atoms with Gasteiger partial charge in [-0.25, -0.2) is 4.99 Å². The molecular formula is C6H7NO2. The number of epoxide rings is 1. The van der Waals surface area contributed by atoms with Gasteiger partial charge in [-0.1, -0.05) is 6.58 Å². The minimum atomic E-state index is -0.314. The largest absolute Gasteiger partial charge is 0.367 e. The molecule has 0 radical (unpaired) electrons. The van der Waals surface area contributed by atoms with Gasteiger partial charge in [-0.3, -0.25) is 4.79 Å². The molecule has 0 N–H and O–H groups in total. The highest BCUT2D eigenvalue weighted by Crippen LogP contribution is 2.04. The van der Waals surface area contributed by atoms with Crippen LogP contribution >= 0.6 is 0 Å². The smallest absolute Gasteiger partial charge is 0.268 e. The third kappa shape index (κ3) is 2.19. The van der Waals surface area contributed by atoms with E-state index in [1.54, 1.807) is 0 Å². The van der Waals surface area contributed by atoms with E-state index < -0.39 is 0 Å². The molecule has 9 heavy (non-hydrogen) atoms. The summed E-state index contributed by atoms with van der Waals surface area (Å²) in [5.41, 5.74) is 0. The second kappa shape index (κ2) is 2.55. The molecule has 0 aromatic rings. The molecule has 1 aliphatic rings. The van der Waals surface area contributed by atoms with Crippen LogP contribution in [0.15, 0.2) is 17.6 Å². The number of rotatable bonds is 2. The predicted molar refractivity (Wildman–Crippen MR) is 33.4 cm³/mol. The van der Waals surface area contributed by atoms with Gasteiger partial charge in [-0.05, 0) is 6.08 Å². The molecule has 1 fully saturated rings. The molecule has 1 saturated heterocycles. The fraction of sp³-hybridized carbons (Fsp3) is 0.333. The molecule has 0 saturated carbocycles. The Kier molecular flexibility index (Phi) is 1.75. The summed E-state index contributed by atoms with van der Waals surface area (Å²) in [6, 6.07) is 0. The first-order chi connectivity index (χ1) is 4.33. The number of hydrogen-bond donors (Lipinski definition) is 0. The molecule has 48 valence electrons. The third-order valence-corrected chi connectivity index (χ3v) is 0.902. The molecule has 0 aliphatic carbocycles. The number of amides is 1. The summed E-state index contributed by atoms with van der Waals surface area (Å²) in [4.78, 5) is 13.9. The third-order valence-electron chi connectivity index (χ3n) is 0.902. The molecule has 1 amide bonds. The molecule has 0 bridgehead atoms. The van der Waals surface area contributed by atoms with E-state index in [2.05, 4.69) is 11.6 Å². The highest BCUT2D eigenvalue weighted by atomic mass is 16.6. The van der Waals surface area contributed by atoms with Crippen molar-refractivity contribution in [2.24, 2.45) is 4.99 Å². The van der Waals surface area contributed by atoms with Crippen molar-refractivity contribution in [1.29, 1.82) is 0 Å². The summed E-state index contributed by atoms with van der Waals surface area (Å²) in [6.45, 7) is 3.94. The number of carbonyl (C=O) groups is 1. The van der Waals surface area contributed by atoms with Crippen LogP contribution in [-0.4, -0.2) is 24.8 Å². The van der Waals surface area contributed by atoms with Crippen LogP contribution in [0, 0.1) is 0 Å². The number of hydrogen-bond acceptors (Lipinski definition) is 2. The molecular weight excluding hydrogens is 118 g/mol. The molecule has 0 spiro atoms. The first-order valence-electron chi connectivity index (χ1n) is 2.65. The molecule has 1 heterocycles. The zero-order valence-electron chi connectivity index (χ0n) is 4.91. The topological polar surface area (TPSA) is 42.0 Å². The Labute approximate surface area is 53.0 Å². The first kappa shape index (κ1) is 6.16. The normalized spacial score (nSPS) is 24.2. The fourth-order valence-electron chi connectivity index (χ4n) is 0.351. The minimum absolute atomic E-state index is 0.0777. The van der Waals surface area contributed by atoms with Crippen molar-refractivity contribution in [2.45, 2.75) is 6.10 Å². The van der Waals surface area contributed by atoms with E-state index in [9.17, 15) is 4.79 Å². The van der Waals surface area contributed by atoms with E-state index in [1.165, 1.54) is 12.3 Å². The van der Waals surface area contributed by atoms with Crippen LogP contribution in [0.25, 0.3) is 0 Å². The van der Waals surface area contributed by atoms with Gasteiger partial charge in [0.15, 0.2) is 0 Å². The summed E-state index contributed by atoms with van der Waals surface area (Å²) in [5, 5.41) is 0. The molecule has 1 rings (SSSR count). The SMILES string of the molecule is C=CC(=O)N=CC1CO1. The van der Waals surface area contributed by atoms with Crippen LogP contribution in [0.4, 0.5) is 0 Å². The lowest BCUT2D eigenvalue weighted by Crippen LogP contribution is -1.90. The van der Waals surface area contributed by atoms with Gasteiger partial charge >= 0.3 is 0 Å². The van der Waals surface area contributed by atoms with Crippen LogP contribution in [0.5, 0.6) is 0 Å². The lowest BCUT2D eigenvalue weighted by molar-refractivity contribution is -0.113. The second-order valence-electron chi connectivity index (χ2n) is 1.69.